The molecule has 9 nitrogen and oxygen atoms in total. The molecule has 3 aromatic carbocycles. The number of morpholine rings is 1. The number of nitrogens with zero attached hydrogens (tertiary/aromatic N) is 2. The smallest absolute Gasteiger partial charge is 0.254 e. The third-order valence-electron chi connectivity index (χ3n) is 9.28. The minimum atomic E-state index is -0.287. The Morgan fingerprint density at radius 3 is 2.25 bits per heavy atom. The van der Waals surface area contributed by atoms with Gasteiger partial charge in [0.25, 0.3) is 11.8 Å². The van der Waals surface area contributed by atoms with Crippen LogP contribution >= 0.6 is 0 Å². The first-order chi connectivity index (χ1) is 21.4. The van der Waals surface area contributed by atoms with Crippen molar-refractivity contribution in [2.24, 2.45) is 5.73 Å². The van der Waals surface area contributed by atoms with Gasteiger partial charge in [-0.15, -0.1) is 0 Å². The molecule has 3 aromatic rings. The van der Waals surface area contributed by atoms with E-state index in [0.29, 0.717) is 44.0 Å². The van der Waals surface area contributed by atoms with Crippen LogP contribution in [-0.4, -0.2) is 86.3 Å². The predicted octanol–water partition coefficient (Wildman–Crippen LogP) is 3.43. The van der Waals surface area contributed by atoms with E-state index in [2.05, 4.69) is 34.5 Å². The average Bonchev–Trinajstić information content (AvgIpc) is 3.60. The number of nitrogens with one attached hydrogen (secondary N) is 1. The number of hydrogen-bond acceptors (Lipinski definition) is 7. The Bertz CT molecular complexity index is 1440. The lowest BCUT2D eigenvalue weighted by molar-refractivity contribution is -0.00716. The van der Waals surface area contributed by atoms with Gasteiger partial charge >= 0.3 is 0 Å². The molecule has 232 valence electrons. The van der Waals surface area contributed by atoms with Crippen molar-refractivity contribution in [3.05, 3.63) is 94.5 Å². The second kappa shape index (κ2) is 13.4. The largest absolute Gasteiger partial charge is 0.497 e. The molecule has 6 rings (SSSR count). The number of ether oxygens (including phenoxy) is 3. The molecule has 3 atom stereocenters. The van der Waals surface area contributed by atoms with E-state index in [1.54, 1.807) is 38.5 Å². The molecule has 3 unspecified atom stereocenters. The minimum absolute atomic E-state index is 0.0115. The van der Waals surface area contributed by atoms with E-state index >= 15 is 0 Å². The molecule has 1 aliphatic carbocycles. The summed E-state index contributed by atoms with van der Waals surface area (Å²) in [5, 5.41) is 3.01. The highest BCUT2D eigenvalue weighted by molar-refractivity contribution is 5.98. The van der Waals surface area contributed by atoms with Gasteiger partial charge in [-0.2, -0.15) is 0 Å². The number of nitrogens with two attached hydrogens (primary N) is 1. The molecule has 9 heteroatoms. The fourth-order valence-corrected chi connectivity index (χ4v) is 6.90. The van der Waals surface area contributed by atoms with Gasteiger partial charge in [-0.1, -0.05) is 30.3 Å². The topological polar surface area (TPSA) is 106 Å². The summed E-state index contributed by atoms with van der Waals surface area (Å²) in [6.07, 6.45) is 3.86. The number of methoxy groups -OCH3 is 2. The van der Waals surface area contributed by atoms with Crippen LogP contribution in [0.5, 0.6) is 11.5 Å². The van der Waals surface area contributed by atoms with E-state index < -0.39 is 0 Å². The van der Waals surface area contributed by atoms with Gasteiger partial charge in [0.2, 0.25) is 0 Å². The molecule has 2 saturated heterocycles. The normalized spacial score (nSPS) is 20.0. The van der Waals surface area contributed by atoms with E-state index in [-0.39, 0.29) is 36.0 Å². The van der Waals surface area contributed by atoms with Crippen molar-refractivity contribution in [2.75, 3.05) is 40.5 Å². The number of fused-ring (bicyclic) bond motifs is 3. The van der Waals surface area contributed by atoms with Crippen molar-refractivity contribution < 1.29 is 23.8 Å². The maximum absolute atomic E-state index is 13.2. The zero-order valence-corrected chi connectivity index (χ0v) is 25.5. The molecule has 0 aromatic heterocycles. The van der Waals surface area contributed by atoms with Crippen molar-refractivity contribution in [1.29, 1.82) is 0 Å². The quantitative estimate of drug-likeness (QED) is 0.348. The van der Waals surface area contributed by atoms with Crippen molar-refractivity contribution >= 4 is 11.8 Å². The molecule has 0 spiro atoms. The molecule has 0 saturated carbocycles. The summed E-state index contributed by atoms with van der Waals surface area (Å²) in [5.74, 6) is 1.32. The highest BCUT2D eigenvalue weighted by Crippen LogP contribution is 2.31. The van der Waals surface area contributed by atoms with E-state index in [9.17, 15) is 9.59 Å². The molecule has 3 aliphatic rings. The van der Waals surface area contributed by atoms with Gasteiger partial charge in [0.05, 0.1) is 39.5 Å². The Balaban J connectivity index is 1.08. The van der Waals surface area contributed by atoms with Crippen LogP contribution in [0.25, 0.3) is 0 Å². The van der Waals surface area contributed by atoms with Crippen molar-refractivity contribution in [1.82, 2.24) is 15.1 Å². The Labute approximate surface area is 259 Å². The summed E-state index contributed by atoms with van der Waals surface area (Å²) >= 11 is 0. The van der Waals surface area contributed by atoms with Crippen LogP contribution < -0.4 is 20.5 Å². The third-order valence-corrected chi connectivity index (χ3v) is 9.28. The van der Waals surface area contributed by atoms with Gasteiger partial charge in [0, 0.05) is 54.5 Å². The lowest BCUT2D eigenvalue weighted by Gasteiger charge is -2.34. The second-order valence-corrected chi connectivity index (χ2v) is 12.1. The first-order valence-electron chi connectivity index (χ1n) is 15.5. The highest BCUT2D eigenvalue weighted by atomic mass is 16.5. The molecular weight excluding hydrogens is 556 g/mol. The van der Waals surface area contributed by atoms with Gasteiger partial charge in [0.1, 0.15) is 11.5 Å². The van der Waals surface area contributed by atoms with Crippen molar-refractivity contribution in [2.45, 2.75) is 56.4 Å². The van der Waals surface area contributed by atoms with Gasteiger partial charge in [-0.05, 0) is 67.1 Å². The van der Waals surface area contributed by atoms with Crippen LogP contribution in [0.15, 0.2) is 66.7 Å². The van der Waals surface area contributed by atoms with Gasteiger partial charge < -0.3 is 30.2 Å². The monoisotopic (exact) mass is 598 g/mol. The SMILES string of the molecule is COc1ccc(CN(CC(N)CNC(=O)c2ccc(C(=O)N3C4CCC3COC4)cc2)C2Cc3ccccc3C2)c(OC)c1. The number of carbonyl (C=O) groups is 2. The molecular formula is C35H42N4O5. The van der Waals surface area contributed by atoms with Crippen LogP contribution in [0.2, 0.25) is 0 Å². The summed E-state index contributed by atoms with van der Waals surface area (Å²) in [6.45, 7) is 2.79. The number of hydrogen-bond donors (Lipinski definition) is 2. The zero-order chi connectivity index (χ0) is 30.6. The Kier molecular flexibility index (Phi) is 9.16. The Morgan fingerprint density at radius 2 is 1.61 bits per heavy atom. The predicted molar refractivity (Wildman–Crippen MR) is 168 cm³/mol. The van der Waals surface area contributed by atoms with Crippen LogP contribution in [0.4, 0.5) is 0 Å². The van der Waals surface area contributed by atoms with Crippen molar-refractivity contribution in [3.63, 3.8) is 0 Å². The average molecular weight is 599 g/mol. The Morgan fingerprint density at radius 1 is 0.955 bits per heavy atom. The van der Waals surface area contributed by atoms with Crippen LogP contribution in [0.1, 0.15) is 50.2 Å². The summed E-state index contributed by atoms with van der Waals surface area (Å²) < 4.78 is 16.7. The molecule has 2 bridgehead atoms. The molecule has 0 radical (unpaired) electrons. The second-order valence-electron chi connectivity index (χ2n) is 12.1. The minimum Gasteiger partial charge on any atom is -0.497 e. The summed E-state index contributed by atoms with van der Waals surface area (Å²) in [4.78, 5) is 30.6. The van der Waals surface area contributed by atoms with Crippen molar-refractivity contribution in [3.8, 4) is 11.5 Å². The third kappa shape index (κ3) is 6.45. The molecule has 44 heavy (non-hydrogen) atoms. The number of amides is 2. The summed E-state index contributed by atoms with van der Waals surface area (Å²) in [6, 6.07) is 21.7. The van der Waals surface area contributed by atoms with E-state index in [0.717, 1.165) is 42.7 Å². The summed E-state index contributed by atoms with van der Waals surface area (Å²) in [5.41, 5.74) is 11.5. The molecule has 2 amide bonds. The number of benzene rings is 3. The Hall–Kier alpha value is -3.92. The fourth-order valence-electron chi connectivity index (χ4n) is 6.90. The molecule has 2 aliphatic heterocycles. The van der Waals surface area contributed by atoms with Crippen LogP contribution in [0, 0.1) is 0 Å². The van der Waals surface area contributed by atoms with Crippen LogP contribution in [0.3, 0.4) is 0 Å². The fraction of sp³-hybridized carbons (Fsp3) is 0.429. The van der Waals surface area contributed by atoms with Crippen LogP contribution in [-0.2, 0) is 24.1 Å². The first kappa shape index (κ1) is 30.1. The van der Waals surface area contributed by atoms with Gasteiger partial charge in [-0.3, -0.25) is 14.5 Å². The maximum atomic E-state index is 13.2. The molecule has 2 heterocycles. The standard InChI is InChI=1S/C35H42N4O5/c1-42-32-14-11-27(33(17-32)43-2)19-38(31-15-25-5-3-4-6-26(25)16-31)20-28(36)18-37-34(40)23-7-9-24(10-8-23)35(41)39-29-12-13-30(39)22-44-21-29/h3-11,14,17,28-31H,12-13,15-16,18-22,36H2,1-2H3,(H,37,40). The maximum Gasteiger partial charge on any atom is 0.254 e. The lowest BCUT2D eigenvalue weighted by atomic mass is 10.1. The van der Waals surface area contributed by atoms with Gasteiger partial charge in [0.15, 0.2) is 0 Å². The highest BCUT2D eigenvalue weighted by Gasteiger charge is 2.40. The zero-order valence-electron chi connectivity index (χ0n) is 25.5. The lowest BCUT2D eigenvalue weighted by Crippen LogP contribution is -2.49. The number of carbonyl (C=O) groups excluding carboxylic acids is 2. The van der Waals surface area contributed by atoms with Gasteiger partial charge in [-0.25, -0.2) is 0 Å². The van der Waals surface area contributed by atoms with E-state index in [1.807, 2.05) is 23.1 Å². The number of rotatable bonds is 11. The first-order valence-corrected chi connectivity index (χ1v) is 15.5. The summed E-state index contributed by atoms with van der Waals surface area (Å²) in [7, 11) is 3.32. The van der Waals surface area contributed by atoms with E-state index in [1.165, 1.54) is 11.1 Å². The van der Waals surface area contributed by atoms with E-state index in [4.69, 9.17) is 19.9 Å². The molecule has 3 N–H and O–H groups in total. The molecule has 2 fully saturated rings.